The third kappa shape index (κ3) is 5.45. The van der Waals surface area contributed by atoms with Crippen LogP contribution < -0.4 is 22.6 Å². The monoisotopic (exact) mass is 469 g/mol. The Morgan fingerprint density at radius 1 is 1.09 bits per heavy atom. The van der Waals surface area contributed by atoms with Crippen molar-refractivity contribution in [2.75, 3.05) is 19.6 Å². The molecular weight excluding hydrogens is 438 g/mol. The highest BCUT2D eigenvalue weighted by atomic mass is 35.5. The first-order valence-electron chi connectivity index (χ1n) is 11.6. The molecule has 0 bridgehead atoms. The maximum absolute atomic E-state index is 12.9. The highest BCUT2D eigenvalue weighted by molar-refractivity contribution is 6.22. The summed E-state index contributed by atoms with van der Waals surface area (Å²) >= 11 is 0. The van der Waals surface area contributed by atoms with E-state index in [-0.39, 0.29) is 36.7 Å². The van der Waals surface area contributed by atoms with Crippen LogP contribution in [0, 0.1) is 6.92 Å². The minimum atomic E-state index is -0.342. The summed E-state index contributed by atoms with van der Waals surface area (Å²) in [5, 5.41) is 2.97. The number of nitrogens with one attached hydrogen (secondary N) is 2. The van der Waals surface area contributed by atoms with Crippen LogP contribution in [0.2, 0.25) is 0 Å². The highest BCUT2D eigenvalue weighted by Crippen LogP contribution is 2.26. The minimum absolute atomic E-state index is 0. The summed E-state index contributed by atoms with van der Waals surface area (Å²) < 4.78 is 0. The number of rotatable bonds is 7. The van der Waals surface area contributed by atoms with Crippen LogP contribution in [0.25, 0.3) is 0 Å². The van der Waals surface area contributed by atoms with Gasteiger partial charge in [-0.05, 0) is 62.4 Å². The van der Waals surface area contributed by atoms with Gasteiger partial charge in [-0.3, -0.25) is 19.3 Å². The molecule has 2 aliphatic rings. The van der Waals surface area contributed by atoms with Gasteiger partial charge in [0.2, 0.25) is 0 Å². The molecule has 1 saturated heterocycles. The van der Waals surface area contributed by atoms with E-state index in [1.54, 1.807) is 23.1 Å². The summed E-state index contributed by atoms with van der Waals surface area (Å²) in [4.78, 5) is 41.3. The number of likely N-dealkylation sites (tertiary alicyclic amines) is 1. The molecule has 6 nitrogen and oxygen atoms in total. The van der Waals surface area contributed by atoms with Crippen LogP contribution in [0.5, 0.6) is 0 Å². The number of aryl methyl sites for hydroxylation is 1. The Morgan fingerprint density at radius 3 is 2.61 bits per heavy atom. The van der Waals surface area contributed by atoms with Crippen molar-refractivity contribution >= 4 is 17.7 Å². The molecule has 0 spiro atoms. The Labute approximate surface area is 201 Å². The first-order valence-corrected chi connectivity index (χ1v) is 11.6. The molecule has 2 aromatic rings. The zero-order valence-corrected chi connectivity index (χ0v) is 20.1. The molecule has 0 radical (unpaired) electrons. The van der Waals surface area contributed by atoms with Crippen molar-refractivity contribution in [3.05, 3.63) is 70.3 Å². The topological polar surface area (TPSA) is 70.9 Å². The molecule has 2 heterocycles. The van der Waals surface area contributed by atoms with E-state index >= 15 is 0 Å². The third-order valence-corrected chi connectivity index (χ3v) is 6.86. The van der Waals surface area contributed by atoms with Crippen molar-refractivity contribution in [3.63, 3.8) is 0 Å². The van der Waals surface area contributed by atoms with Gasteiger partial charge in [-0.25, -0.2) is 0 Å². The van der Waals surface area contributed by atoms with Crippen molar-refractivity contribution in [3.8, 4) is 0 Å². The van der Waals surface area contributed by atoms with E-state index in [9.17, 15) is 14.4 Å². The van der Waals surface area contributed by atoms with Crippen molar-refractivity contribution in [2.45, 2.75) is 52.1 Å². The summed E-state index contributed by atoms with van der Waals surface area (Å²) in [5.74, 6) is -0.850. The second-order valence-corrected chi connectivity index (χ2v) is 9.05. The van der Waals surface area contributed by atoms with Gasteiger partial charge in [-0.1, -0.05) is 24.3 Å². The molecule has 2 unspecified atom stereocenters. The molecule has 4 rings (SSSR count). The average Bonchev–Trinajstić information content (AvgIpc) is 3.03. The van der Waals surface area contributed by atoms with Crippen LogP contribution in [-0.4, -0.2) is 48.3 Å². The van der Waals surface area contributed by atoms with Gasteiger partial charge >= 0.3 is 0 Å². The van der Waals surface area contributed by atoms with E-state index in [0.717, 1.165) is 24.1 Å². The first kappa shape index (κ1) is 24.9. The Hall–Kier alpha value is -2.70. The largest absolute Gasteiger partial charge is 1.00 e. The maximum atomic E-state index is 12.9. The number of hydrogen-bond donors (Lipinski definition) is 2. The normalized spacial score (nSPS) is 19.8. The van der Waals surface area contributed by atoms with Crippen molar-refractivity contribution in [1.82, 2.24) is 10.2 Å². The Morgan fingerprint density at radius 2 is 1.85 bits per heavy atom. The van der Waals surface area contributed by atoms with Crippen molar-refractivity contribution in [2.24, 2.45) is 0 Å². The average molecular weight is 470 g/mol. The Kier molecular flexibility index (Phi) is 8.27. The number of carbonyl (C=O) groups excluding carboxylic acids is 3. The van der Waals surface area contributed by atoms with Crippen LogP contribution in [0.1, 0.15) is 74.8 Å². The molecule has 7 heteroatoms. The summed E-state index contributed by atoms with van der Waals surface area (Å²) in [6.07, 6.45) is 4.82. The lowest BCUT2D eigenvalue weighted by Crippen LogP contribution is -3.16. The lowest BCUT2D eigenvalue weighted by atomic mass is 10.0. The van der Waals surface area contributed by atoms with Crippen LogP contribution in [-0.2, 0) is 6.54 Å². The highest BCUT2D eigenvalue weighted by Gasteiger charge is 2.36. The van der Waals surface area contributed by atoms with E-state index in [1.807, 2.05) is 31.2 Å². The molecule has 33 heavy (non-hydrogen) atoms. The number of carbonyl (C=O) groups is 3. The van der Waals surface area contributed by atoms with E-state index < -0.39 is 0 Å². The van der Waals surface area contributed by atoms with E-state index in [1.165, 1.54) is 30.7 Å². The summed E-state index contributed by atoms with van der Waals surface area (Å²) in [6, 6.07) is 13.2. The number of piperidine rings is 1. The third-order valence-electron chi connectivity index (χ3n) is 6.86. The Balaban J connectivity index is 0.00000306. The molecule has 176 valence electrons. The zero-order valence-electron chi connectivity index (χ0n) is 19.3. The summed E-state index contributed by atoms with van der Waals surface area (Å²) in [7, 11) is 0. The number of hydrogen-bond acceptors (Lipinski definition) is 3. The Bertz CT molecular complexity index is 1040. The maximum Gasteiger partial charge on any atom is 0.261 e. The second-order valence-electron chi connectivity index (χ2n) is 9.05. The predicted molar refractivity (Wildman–Crippen MR) is 123 cm³/mol. The summed E-state index contributed by atoms with van der Waals surface area (Å²) in [6.45, 7) is 7.39. The number of fused-ring (bicyclic) bond motifs is 1. The van der Waals surface area contributed by atoms with Gasteiger partial charge in [0.25, 0.3) is 17.7 Å². The number of amides is 3. The minimum Gasteiger partial charge on any atom is -1.00 e. The zero-order chi connectivity index (χ0) is 22.7. The fourth-order valence-corrected chi connectivity index (χ4v) is 4.78. The lowest BCUT2D eigenvalue weighted by molar-refractivity contribution is -0.928. The van der Waals surface area contributed by atoms with Crippen molar-refractivity contribution in [1.29, 1.82) is 0 Å². The van der Waals surface area contributed by atoms with Crippen LogP contribution >= 0.6 is 0 Å². The first-order chi connectivity index (χ1) is 15.5. The number of imide groups is 1. The van der Waals surface area contributed by atoms with Crippen LogP contribution in [0.4, 0.5) is 0 Å². The van der Waals surface area contributed by atoms with E-state index in [0.29, 0.717) is 29.3 Å². The number of benzene rings is 2. The second kappa shape index (κ2) is 10.9. The smallest absolute Gasteiger partial charge is 0.261 e. The number of nitrogens with zero attached hydrogens (tertiary/aromatic N) is 1. The predicted octanol–water partition coefficient (Wildman–Crippen LogP) is -0.628. The quantitative estimate of drug-likeness (QED) is 0.419. The fraction of sp³-hybridized carbons (Fsp3) is 0.423. The van der Waals surface area contributed by atoms with Gasteiger partial charge in [0.1, 0.15) is 0 Å². The molecule has 1 fully saturated rings. The molecule has 2 aliphatic heterocycles. The SMILES string of the molecule is Cc1ccccc1CN1C(=O)c2ccc(C(=O)NCCC[NH+]3CCCCC3C)cc2C1=O.[Cl-]. The molecule has 2 aromatic carbocycles. The molecule has 2 N–H and O–H groups in total. The number of quaternary nitrogens is 1. The molecule has 2 atom stereocenters. The van der Waals surface area contributed by atoms with Gasteiger partial charge in [-0.15, -0.1) is 0 Å². The van der Waals surface area contributed by atoms with E-state index in [4.69, 9.17) is 0 Å². The number of halogens is 1. The van der Waals surface area contributed by atoms with Gasteiger partial charge in [0.15, 0.2) is 0 Å². The fourth-order valence-electron chi connectivity index (χ4n) is 4.78. The summed E-state index contributed by atoms with van der Waals surface area (Å²) in [5.41, 5.74) is 3.06. The van der Waals surface area contributed by atoms with Gasteiger partial charge in [-0.2, -0.15) is 0 Å². The van der Waals surface area contributed by atoms with Crippen LogP contribution in [0.15, 0.2) is 42.5 Å². The van der Waals surface area contributed by atoms with Gasteiger partial charge in [0.05, 0.1) is 36.8 Å². The lowest BCUT2D eigenvalue weighted by Gasteiger charge is -2.30. The van der Waals surface area contributed by atoms with E-state index in [2.05, 4.69) is 12.2 Å². The standard InChI is InChI=1S/C26H31N3O3.ClH/c1-18-8-3-4-10-21(18)17-29-25(31)22-12-11-20(16-23(22)26(29)32)24(30)27-13-7-15-28-14-6-5-9-19(28)2;/h3-4,8,10-12,16,19H,5-7,9,13-15,17H2,1-2H3,(H,27,30);1H. The molecule has 0 aromatic heterocycles. The van der Waals surface area contributed by atoms with Gasteiger partial charge < -0.3 is 22.6 Å². The van der Waals surface area contributed by atoms with Crippen molar-refractivity contribution < 1.29 is 31.7 Å². The van der Waals surface area contributed by atoms with Gasteiger partial charge in [0, 0.05) is 18.5 Å². The molecule has 3 amide bonds. The molecule has 0 saturated carbocycles. The molecular formula is C26H32ClN3O3. The molecule has 0 aliphatic carbocycles. The van der Waals surface area contributed by atoms with Crippen LogP contribution in [0.3, 0.4) is 0 Å².